The molecular weight excluding hydrogens is 380 g/mol. The number of carbonyl (C=O) groups excluding carboxylic acids is 1. The number of nitro groups is 1. The number of ether oxygens (including phenoxy) is 1. The van der Waals surface area contributed by atoms with Crippen molar-refractivity contribution in [1.29, 1.82) is 0 Å². The maximum absolute atomic E-state index is 12.4. The zero-order valence-corrected chi connectivity index (χ0v) is 16.1. The van der Waals surface area contributed by atoms with E-state index in [0.717, 1.165) is 16.8 Å². The molecule has 1 amide bonds. The van der Waals surface area contributed by atoms with Gasteiger partial charge in [-0.25, -0.2) is 4.98 Å². The van der Waals surface area contributed by atoms with Gasteiger partial charge in [0, 0.05) is 6.07 Å². The van der Waals surface area contributed by atoms with Crippen LogP contribution in [0.5, 0.6) is 5.75 Å². The number of carbonyl (C=O) groups is 1. The number of aromatic amines is 1. The number of rotatable bonds is 9. The molecule has 0 aliphatic heterocycles. The fourth-order valence-corrected chi connectivity index (χ4v) is 3.23. The summed E-state index contributed by atoms with van der Waals surface area (Å²) >= 11 is 1.67. The summed E-state index contributed by atoms with van der Waals surface area (Å²) in [6, 6.07) is 13.3. The van der Waals surface area contributed by atoms with E-state index in [1.807, 2.05) is 30.5 Å². The molecule has 0 aliphatic rings. The van der Waals surface area contributed by atoms with Gasteiger partial charge >= 0.3 is 5.69 Å². The van der Waals surface area contributed by atoms with Crippen molar-refractivity contribution in [3.05, 3.63) is 64.5 Å². The second-order valence-corrected chi connectivity index (χ2v) is 7.04. The molecular formula is C19H20N4O4S. The number of amides is 1. The second-order valence-electron chi connectivity index (χ2n) is 6.05. The van der Waals surface area contributed by atoms with Crippen molar-refractivity contribution in [2.75, 3.05) is 18.6 Å². The molecule has 0 saturated heterocycles. The van der Waals surface area contributed by atoms with E-state index < -0.39 is 4.92 Å². The molecule has 8 nitrogen and oxygen atoms in total. The quantitative estimate of drug-likeness (QED) is 0.420. The maximum Gasteiger partial charge on any atom is 0.310 e. The first-order chi connectivity index (χ1) is 13.6. The normalized spacial score (nSPS) is 11.9. The third kappa shape index (κ3) is 4.80. The van der Waals surface area contributed by atoms with Gasteiger partial charge in [0.25, 0.3) is 5.91 Å². The number of nitrogens with zero attached hydrogens (tertiary/aromatic N) is 2. The zero-order valence-electron chi connectivity index (χ0n) is 15.3. The number of hydrogen-bond donors (Lipinski definition) is 2. The minimum Gasteiger partial charge on any atom is -0.477 e. The lowest BCUT2D eigenvalue weighted by molar-refractivity contribution is -0.385. The van der Waals surface area contributed by atoms with Gasteiger partial charge in [0.15, 0.2) is 12.4 Å². The van der Waals surface area contributed by atoms with E-state index in [4.69, 9.17) is 4.74 Å². The van der Waals surface area contributed by atoms with Gasteiger partial charge in [-0.15, -0.1) is 0 Å². The highest BCUT2D eigenvalue weighted by atomic mass is 32.2. The molecule has 3 aromatic rings. The largest absolute Gasteiger partial charge is 0.477 e. The summed E-state index contributed by atoms with van der Waals surface area (Å²) in [4.78, 5) is 30.7. The Morgan fingerprint density at radius 2 is 2.04 bits per heavy atom. The smallest absolute Gasteiger partial charge is 0.310 e. The molecule has 1 heterocycles. The maximum atomic E-state index is 12.4. The van der Waals surface area contributed by atoms with Crippen LogP contribution >= 0.6 is 11.8 Å². The van der Waals surface area contributed by atoms with Crippen LogP contribution in [0.15, 0.2) is 48.5 Å². The Hall–Kier alpha value is -3.07. The van der Waals surface area contributed by atoms with Crippen LogP contribution in [0.4, 0.5) is 5.69 Å². The molecule has 0 aliphatic carbocycles. The molecule has 0 radical (unpaired) electrons. The van der Waals surface area contributed by atoms with Crippen LogP contribution in [-0.4, -0.2) is 39.4 Å². The number of H-pyrrole nitrogens is 1. The Morgan fingerprint density at radius 3 is 2.79 bits per heavy atom. The lowest BCUT2D eigenvalue weighted by Gasteiger charge is -2.16. The summed E-state index contributed by atoms with van der Waals surface area (Å²) in [6.45, 7) is -0.319. The van der Waals surface area contributed by atoms with Gasteiger partial charge in [-0.05, 0) is 36.6 Å². The van der Waals surface area contributed by atoms with E-state index in [1.54, 1.807) is 23.9 Å². The average Bonchev–Trinajstić information content (AvgIpc) is 3.13. The topological polar surface area (TPSA) is 110 Å². The van der Waals surface area contributed by atoms with E-state index in [2.05, 4.69) is 15.3 Å². The predicted molar refractivity (Wildman–Crippen MR) is 109 cm³/mol. The number of nitro benzene ring substituents is 1. The van der Waals surface area contributed by atoms with Crippen molar-refractivity contribution in [2.24, 2.45) is 0 Å². The molecule has 0 spiro atoms. The fraction of sp³-hybridized carbons (Fsp3) is 0.263. The summed E-state index contributed by atoms with van der Waals surface area (Å²) in [5.74, 6) is 1.21. The average molecular weight is 400 g/mol. The third-order valence-electron chi connectivity index (χ3n) is 4.10. The van der Waals surface area contributed by atoms with Crippen molar-refractivity contribution in [1.82, 2.24) is 15.3 Å². The summed E-state index contributed by atoms with van der Waals surface area (Å²) in [7, 11) is 0. The van der Waals surface area contributed by atoms with Gasteiger partial charge in [-0.1, -0.05) is 24.3 Å². The third-order valence-corrected chi connectivity index (χ3v) is 4.75. The molecule has 0 bridgehead atoms. The summed E-state index contributed by atoms with van der Waals surface area (Å²) < 4.78 is 5.37. The highest BCUT2D eigenvalue weighted by molar-refractivity contribution is 7.98. The Balaban J connectivity index is 1.69. The Morgan fingerprint density at radius 1 is 1.29 bits per heavy atom. The molecule has 3 rings (SSSR count). The predicted octanol–water partition coefficient (Wildman–Crippen LogP) is 3.46. The van der Waals surface area contributed by atoms with Crippen molar-refractivity contribution >= 4 is 34.4 Å². The number of para-hydroxylation sites is 4. The van der Waals surface area contributed by atoms with E-state index in [0.29, 0.717) is 12.2 Å². The summed E-state index contributed by atoms with van der Waals surface area (Å²) in [5.41, 5.74) is 1.56. The van der Waals surface area contributed by atoms with Gasteiger partial charge in [0.05, 0.1) is 22.0 Å². The highest BCUT2D eigenvalue weighted by Gasteiger charge is 2.20. The molecule has 9 heteroatoms. The molecule has 0 unspecified atom stereocenters. The first-order valence-corrected chi connectivity index (χ1v) is 10.1. The van der Waals surface area contributed by atoms with Crippen LogP contribution < -0.4 is 10.1 Å². The minimum absolute atomic E-state index is 0.0621. The summed E-state index contributed by atoms with van der Waals surface area (Å²) in [6.07, 6.45) is 2.69. The lowest BCUT2D eigenvalue weighted by atomic mass is 10.2. The molecule has 2 N–H and O–H groups in total. The number of benzene rings is 2. The molecule has 0 saturated carbocycles. The van der Waals surface area contributed by atoms with Crippen LogP contribution in [0.1, 0.15) is 18.3 Å². The number of thioether (sulfide) groups is 1. The van der Waals surface area contributed by atoms with Crippen molar-refractivity contribution < 1.29 is 14.5 Å². The lowest BCUT2D eigenvalue weighted by Crippen LogP contribution is -2.33. The molecule has 2 aromatic carbocycles. The monoisotopic (exact) mass is 400 g/mol. The van der Waals surface area contributed by atoms with Gasteiger partial charge in [-0.2, -0.15) is 11.8 Å². The first-order valence-electron chi connectivity index (χ1n) is 8.67. The zero-order chi connectivity index (χ0) is 19.9. The van der Waals surface area contributed by atoms with Crippen LogP contribution in [0.2, 0.25) is 0 Å². The van der Waals surface area contributed by atoms with Crippen LogP contribution in [0.25, 0.3) is 11.0 Å². The Labute approximate surface area is 165 Å². The van der Waals surface area contributed by atoms with Crippen molar-refractivity contribution in [2.45, 2.75) is 12.5 Å². The molecule has 146 valence electrons. The molecule has 28 heavy (non-hydrogen) atoms. The second kappa shape index (κ2) is 9.23. The van der Waals surface area contributed by atoms with Gasteiger partial charge < -0.3 is 15.0 Å². The van der Waals surface area contributed by atoms with Crippen LogP contribution in [0, 0.1) is 10.1 Å². The van der Waals surface area contributed by atoms with E-state index >= 15 is 0 Å². The standard InChI is InChI=1S/C19H20N4O4S/c1-28-11-10-15(19-21-13-6-2-3-7-14(13)22-19)20-18(24)12-27-17-9-5-4-8-16(17)23(25)26/h2-9,15H,10-12H2,1H3,(H,20,24)(H,21,22)/t15-/m0/s1. The van der Waals surface area contributed by atoms with E-state index in [-0.39, 0.29) is 30.0 Å². The number of hydrogen-bond acceptors (Lipinski definition) is 6. The molecule has 0 fully saturated rings. The number of imidazole rings is 1. The minimum atomic E-state index is -0.539. The number of aromatic nitrogens is 2. The van der Waals surface area contributed by atoms with Crippen molar-refractivity contribution in [3.63, 3.8) is 0 Å². The Bertz CT molecular complexity index is 942. The fourth-order valence-electron chi connectivity index (χ4n) is 2.76. The van der Waals surface area contributed by atoms with Gasteiger partial charge in [0.2, 0.25) is 0 Å². The van der Waals surface area contributed by atoms with Gasteiger partial charge in [-0.3, -0.25) is 14.9 Å². The van der Waals surface area contributed by atoms with Crippen molar-refractivity contribution in [3.8, 4) is 5.75 Å². The SMILES string of the molecule is CSCC[C@H](NC(=O)COc1ccccc1[N+](=O)[O-])c1nc2ccccc2[nH]1. The molecule has 1 aromatic heterocycles. The van der Waals surface area contributed by atoms with E-state index in [9.17, 15) is 14.9 Å². The number of nitrogens with one attached hydrogen (secondary N) is 2. The Kier molecular flexibility index (Phi) is 6.49. The molecule has 1 atom stereocenters. The number of fused-ring (bicyclic) bond motifs is 1. The first kappa shape index (κ1) is 19.7. The summed E-state index contributed by atoms with van der Waals surface area (Å²) in [5, 5.41) is 14.0. The van der Waals surface area contributed by atoms with Crippen LogP contribution in [-0.2, 0) is 4.79 Å². The van der Waals surface area contributed by atoms with Crippen LogP contribution in [0.3, 0.4) is 0 Å². The highest BCUT2D eigenvalue weighted by Crippen LogP contribution is 2.26. The van der Waals surface area contributed by atoms with Gasteiger partial charge in [0.1, 0.15) is 5.82 Å². The van der Waals surface area contributed by atoms with E-state index in [1.165, 1.54) is 12.1 Å².